The van der Waals surface area contributed by atoms with Crippen LogP contribution in [0.4, 0.5) is 0 Å². The van der Waals surface area contributed by atoms with Crippen molar-refractivity contribution < 1.29 is 28.6 Å². The highest BCUT2D eigenvalue weighted by molar-refractivity contribution is 5.93. The molecule has 0 N–H and O–H groups in total. The van der Waals surface area contributed by atoms with Gasteiger partial charge < -0.3 is 14.2 Å². The first-order chi connectivity index (χ1) is 12.0. The van der Waals surface area contributed by atoms with Gasteiger partial charge in [0.15, 0.2) is 0 Å². The van der Waals surface area contributed by atoms with Crippen LogP contribution in [0.3, 0.4) is 0 Å². The summed E-state index contributed by atoms with van der Waals surface area (Å²) in [6, 6.07) is 9.41. The smallest absolute Gasteiger partial charge is 0.342 e. The van der Waals surface area contributed by atoms with Gasteiger partial charge in [0.1, 0.15) is 24.0 Å². The number of hydrogen-bond donors (Lipinski definition) is 0. The first kappa shape index (κ1) is 18.1. The van der Waals surface area contributed by atoms with Gasteiger partial charge in [-0.05, 0) is 31.2 Å². The van der Waals surface area contributed by atoms with E-state index in [1.807, 2.05) is 0 Å². The molecule has 0 aliphatic carbocycles. The Morgan fingerprint density at radius 2 is 1.84 bits per heavy atom. The van der Waals surface area contributed by atoms with Crippen molar-refractivity contribution >= 4 is 17.9 Å². The molecule has 1 aromatic carbocycles. The van der Waals surface area contributed by atoms with Gasteiger partial charge >= 0.3 is 17.9 Å². The Labute approximate surface area is 144 Å². The van der Waals surface area contributed by atoms with Crippen LogP contribution in [-0.4, -0.2) is 35.6 Å². The van der Waals surface area contributed by atoms with Gasteiger partial charge in [0.25, 0.3) is 0 Å². The zero-order valence-electron chi connectivity index (χ0n) is 13.8. The lowest BCUT2D eigenvalue weighted by Gasteiger charge is -2.14. The maximum atomic E-state index is 12.1. The van der Waals surface area contributed by atoms with E-state index in [0.717, 1.165) is 0 Å². The van der Waals surface area contributed by atoms with Crippen molar-refractivity contribution in [2.45, 2.75) is 20.0 Å². The van der Waals surface area contributed by atoms with Gasteiger partial charge in [0.05, 0.1) is 5.56 Å². The Morgan fingerprint density at radius 1 is 1.08 bits per heavy atom. The van der Waals surface area contributed by atoms with Crippen molar-refractivity contribution in [3.05, 3.63) is 59.9 Å². The summed E-state index contributed by atoms with van der Waals surface area (Å²) in [4.78, 5) is 38.9. The fraction of sp³-hybridized carbons (Fsp3) is 0.222. The standard InChI is InChI=1S/C18H17NO6/c1-12(24-17(21)14-6-5-9-19-10-14)11-23-18(22)15-7-3-4-8-16(15)25-13(2)20/h3-10,12H,11H2,1-2H3. The zero-order valence-corrected chi connectivity index (χ0v) is 13.8. The first-order valence-corrected chi connectivity index (χ1v) is 7.53. The summed E-state index contributed by atoms with van der Waals surface area (Å²) in [5.74, 6) is -1.67. The lowest BCUT2D eigenvalue weighted by Crippen LogP contribution is -2.23. The molecular formula is C18H17NO6. The van der Waals surface area contributed by atoms with Crippen molar-refractivity contribution in [3.8, 4) is 5.75 Å². The molecular weight excluding hydrogens is 326 g/mol. The van der Waals surface area contributed by atoms with Gasteiger partial charge in [-0.25, -0.2) is 9.59 Å². The average molecular weight is 343 g/mol. The third-order valence-electron chi connectivity index (χ3n) is 3.02. The van der Waals surface area contributed by atoms with Crippen LogP contribution >= 0.6 is 0 Å². The van der Waals surface area contributed by atoms with Crippen LogP contribution in [-0.2, 0) is 14.3 Å². The van der Waals surface area contributed by atoms with E-state index in [0.29, 0.717) is 5.56 Å². The number of ether oxygens (including phenoxy) is 3. The molecule has 0 saturated carbocycles. The number of carbonyl (C=O) groups excluding carboxylic acids is 3. The van der Waals surface area contributed by atoms with Crippen molar-refractivity contribution in [1.29, 1.82) is 0 Å². The molecule has 0 saturated heterocycles. The fourth-order valence-corrected chi connectivity index (χ4v) is 1.92. The van der Waals surface area contributed by atoms with Gasteiger partial charge in [-0.15, -0.1) is 0 Å². The number of carbonyl (C=O) groups is 3. The summed E-state index contributed by atoms with van der Waals surface area (Å²) in [6.45, 7) is 2.70. The van der Waals surface area contributed by atoms with Crippen molar-refractivity contribution in [2.24, 2.45) is 0 Å². The highest BCUT2D eigenvalue weighted by atomic mass is 16.6. The summed E-state index contributed by atoms with van der Waals surface area (Å²) in [5, 5.41) is 0. The highest BCUT2D eigenvalue weighted by Crippen LogP contribution is 2.19. The molecule has 1 aromatic heterocycles. The molecule has 1 unspecified atom stereocenters. The number of para-hydroxylation sites is 1. The Morgan fingerprint density at radius 3 is 2.52 bits per heavy atom. The third-order valence-corrected chi connectivity index (χ3v) is 3.02. The van der Waals surface area contributed by atoms with Crippen LogP contribution in [0.25, 0.3) is 0 Å². The molecule has 0 aliphatic heterocycles. The average Bonchev–Trinajstić information content (AvgIpc) is 2.60. The maximum absolute atomic E-state index is 12.1. The van der Waals surface area contributed by atoms with Crippen LogP contribution in [0.2, 0.25) is 0 Å². The van der Waals surface area contributed by atoms with Gasteiger partial charge in [-0.3, -0.25) is 9.78 Å². The molecule has 7 heteroatoms. The van der Waals surface area contributed by atoms with E-state index in [9.17, 15) is 14.4 Å². The Balaban J connectivity index is 1.91. The van der Waals surface area contributed by atoms with Crippen molar-refractivity contribution in [1.82, 2.24) is 4.98 Å². The molecule has 0 radical (unpaired) electrons. The fourth-order valence-electron chi connectivity index (χ4n) is 1.92. The third kappa shape index (κ3) is 5.42. The maximum Gasteiger partial charge on any atom is 0.342 e. The summed E-state index contributed by atoms with van der Waals surface area (Å²) in [6.07, 6.45) is 2.27. The molecule has 130 valence electrons. The molecule has 0 bridgehead atoms. The number of aromatic nitrogens is 1. The molecule has 0 amide bonds. The largest absolute Gasteiger partial charge is 0.458 e. The molecule has 1 atom stereocenters. The Kier molecular flexibility index (Phi) is 6.22. The lowest BCUT2D eigenvalue weighted by molar-refractivity contribution is -0.131. The van der Waals surface area contributed by atoms with Gasteiger partial charge in [-0.1, -0.05) is 12.1 Å². The van der Waals surface area contributed by atoms with Crippen molar-refractivity contribution in [2.75, 3.05) is 6.61 Å². The van der Waals surface area contributed by atoms with Crippen LogP contribution in [0.15, 0.2) is 48.8 Å². The SMILES string of the molecule is CC(=O)Oc1ccccc1C(=O)OCC(C)OC(=O)c1cccnc1. The number of hydrogen-bond acceptors (Lipinski definition) is 7. The minimum atomic E-state index is -0.680. The van der Waals surface area contributed by atoms with Crippen molar-refractivity contribution in [3.63, 3.8) is 0 Å². The molecule has 0 spiro atoms. The van der Waals surface area contributed by atoms with Gasteiger partial charge in [0, 0.05) is 19.3 Å². The minimum Gasteiger partial charge on any atom is -0.458 e. The second kappa shape index (κ2) is 8.58. The predicted octanol–water partition coefficient (Wildman–Crippen LogP) is 2.41. The lowest BCUT2D eigenvalue weighted by atomic mass is 10.2. The predicted molar refractivity (Wildman–Crippen MR) is 87.1 cm³/mol. The molecule has 7 nitrogen and oxygen atoms in total. The van der Waals surface area contributed by atoms with Gasteiger partial charge in [-0.2, -0.15) is 0 Å². The number of rotatable bonds is 6. The van der Waals surface area contributed by atoms with E-state index in [1.54, 1.807) is 37.4 Å². The normalized spacial score (nSPS) is 11.3. The Bertz CT molecular complexity index is 759. The zero-order chi connectivity index (χ0) is 18.2. The Hall–Kier alpha value is -3.22. The van der Waals surface area contributed by atoms with E-state index in [-0.39, 0.29) is 17.9 Å². The summed E-state index contributed by atoms with van der Waals surface area (Å²) >= 11 is 0. The minimum absolute atomic E-state index is 0.111. The van der Waals surface area contributed by atoms with E-state index in [2.05, 4.69) is 4.98 Å². The number of nitrogens with zero attached hydrogens (tertiary/aromatic N) is 1. The van der Waals surface area contributed by atoms with Crippen LogP contribution in [0.5, 0.6) is 5.75 Å². The molecule has 0 fully saturated rings. The molecule has 25 heavy (non-hydrogen) atoms. The molecule has 1 heterocycles. The molecule has 0 aliphatic rings. The van der Waals surface area contributed by atoms with E-state index < -0.39 is 24.0 Å². The van der Waals surface area contributed by atoms with Crippen LogP contribution < -0.4 is 4.74 Å². The first-order valence-electron chi connectivity index (χ1n) is 7.53. The number of esters is 3. The van der Waals surface area contributed by atoms with E-state index >= 15 is 0 Å². The topological polar surface area (TPSA) is 91.8 Å². The van der Waals surface area contributed by atoms with Crippen LogP contribution in [0, 0.1) is 0 Å². The van der Waals surface area contributed by atoms with Crippen LogP contribution in [0.1, 0.15) is 34.6 Å². The second-order valence-electron chi connectivity index (χ2n) is 5.15. The number of pyridine rings is 1. The van der Waals surface area contributed by atoms with E-state index in [4.69, 9.17) is 14.2 Å². The molecule has 2 aromatic rings. The second-order valence-corrected chi connectivity index (χ2v) is 5.15. The monoisotopic (exact) mass is 343 g/mol. The highest BCUT2D eigenvalue weighted by Gasteiger charge is 2.18. The van der Waals surface area contributed by atoms with E-state index in [1.165, 1.54) is 25.3 Å². The summed E-state index contributed by atoms with van der Waals surface area (Å²) in [5.41, 5.74) is 0.421. The number of benzene rings is 1. The van der Waals surface area contributed by atoms with Gasteiger partial charge in [0.2, 0.25) is 0 Å². The molecule has 2 rings (SSSR count). The summed E-state index contributed by atoms with van der Waals surface area (Å²) < 4.78 is 15.3. The summed E-state index contributed by atoms with van der Waals surface area (Å²) in [7, 11) is 0. The quantitative estimate of drug-likeness (QED) is 0.587.